The van der Waals surface area contributed by atoms with E-state index in [4.69, 9.17) is 10.5 Å². The number of anilines is 1. The first-order valence-electron chi connectivity index (χ1n) is 8.00. The van der Waals surface area contributed by atoms with E-state index in [1.807, 2.05) is 12.3 Å². The van der Waals surface area contributed by atoms with Crippen molar-refractivity contribution >= 4 is 5.82 Å². The Morgan fingerprint density at radius 3 is 2.95 bits per heavy atom. The molecule has 5 heteroatoms. The van der Waals surface area contributed by atoms with Crippen LogP contribution in [0.2, 0.25) is 0 Å². The number of nitrogens with zero attached hydrogens (tertiary/aromatic N) is 3. The first kappa shape index (κ1) is 14.8. The van der Waals surface area contributed by atoms with Crippen molar-refractivity contribution in [2.45, 2.75) is 31.8 Å². The van der Waals surface area contributed by atoms with Crippen LogP contribution in [0.15, 0.2) is 18.3 Å². The molecule has 2 saturated heterocycles. The average molecular weight is 290 g/mol. The molecule has 0 bridgehead atoms. The molecule has 3 rings (SSSR count). The second-order valence-corrected chi connectivity index (χ2v) is 6.20. The fourth-order valence-corrected chi connectivity index (χ4v) is 3.40. The molecular formula is C16H26N4O. The number of nitrogens with two attached hydrogens (primary N) is 1. The second kappa shape index (κ2) is 6.73. The second-order valence-electron chi connectivity index (χ2n) is 6.20. The number of morpholine rings is 1. The number of hydrogen-bond donors (Lipinski definition) is 1. The maximum Gasteiger partial charge on any atom is 0.131 e. The van der Waals surface area contributed by atoms with Gasteiger partial charge in [0.25, 0.3) is 0 Å². The largest absolute Gasteiger partial charge is 0.379 e. The molecule has 2 aliphatic heterocycles. The first-order chi connectivity index (χ1) is 10.2. The van der Waals surface area contributed by atoms with Crippen LogP contribution in [0.25, 0.3) is 0 Å². The van der Waals surface area contributed by atoms with Crippen LogP contribution in [0.4, 0.5) is 5.82 Å². The summed E-state index contributed by atoms with van der Waals surface area (Å²) in [5, 5.41) is 0. The Balaban J connectivity index is 1.68. The third kappa shape index (κ3) is 3.54. The zero-order chi connectivity index (χ0) is 14.7. The van der Waals surface area contributed by atoms with E-state index in [1.54, 1.807) is 0 Å². The summed E-state index contributed by atoms with van der Waals surface area (Å²) in [7, 11) is 0. The van der Waals surface area contributed by atoms with Crippen LogP contribution in [0, 0.1) is 0 Å². The lowest BCUT2D eigenvalue weighted by atomic mass is 10.1. The van der Waals surface area contributed by atoms with Crippen LogP contribution in [-0.2, 0) is 11.2 Å². The van der Waals surface area contributed by atoms with E-state index in [-0.39, 0.29) is 6.04 Å². The highest BCUT2D eigenvalue weighted by atomic mass is 16.5. The molecule has 0 aliphatic carbocycles. The van der Waals surface area contributed by atoms with Gasteiger partial charge < -0.3 is 15.4 Å². The minimum Gasteiger partial charge on any atom is -0.379 e. The molecule has 2 N–H and O–H groups in total. The molecule has 21 heavy (non-hydrogen) atoms. The molecular weight excluding hydrogens is 264 g/mol. The molecule has 5 nitrogen and oxygen atoms in total. The van der Waals surface area contributed by atoms with Crippen molar-refractivity contribution in [3.05, 3.63) is 23.9 Å². The molecule has 0 aromatic carbocycles. The van der Waals surface area contributed by atoms with Gasteiger partial charge in [-0.3, -0.25) is 4.90 Å². The third-order valence-corrected chi connectivity index (χ3v) is 4.43. The molecule has 1 aromatic heterocycles. The van der Waals surface area contributed by atoms with E-state index in [0.717, 1.165) is 51.6 Å². The van der Waals surface area contributed by atoms with Crippen molar-refractivity contribution in [3.8, 4) is 0 Å². The van der Waals surface area contributed by atoms with Gasteiger partial charge in [-0.1, -0.05) is 6.07 Å². The SMILES string of the molecule is CC(N)Cc1cccnc1N1CCC(N2CCOCC2)C1. The summed E-state index contributed by atoms with van der Waals surface area (Å²) in [4.78, 5) is 9.62. The molecule has 1 aromatic rings. The summed E-state index contributed by atoms with van der Waals surface area (Å²) in [5.41, 5.74) is 7.24. The van der Waals surface area contributed by atoms with E-state index < -0.39 is 0 Å². The lowest BCUT2D eigenvalue weighted by molar-refractivity contribution is 0.0209. The number of aromatic nitrogens is 1. The Labute approximate surface area is 127 Å². The van der Waals surface area contributed by atoms with Crippen LogP contribution in [0.1, 0.15) is 18.9 Å². The number of pyridine rings is 1. The van der Waals surface area contributed by atoms with Gasteiger partial charge in [-0.05, 0) is 31.4 Å². The normalized spacial score (nSPS) is 25.2. The van der Waals surface area contributed by atoms with Gasteiger partial charge in [0.05, 0.1) is 13.2 Å². The Kier molecular flexibility index (Phi) is 4.73. The molecule has 2 unspecified atom stereocenters. The third-order valence-electron chi connectivity index (χ3n) is 4.43. The summed E-state index contributed by atoms with van der Waals surface area (Å²) >= 11 is 0. The van der Waals surface area contributed by atoms with Crippen LogP contribution in [0.5, 0.6) is 0 Å². The van der Waals surface area contributed by atoms with Crippen molar-refractivity contribution in [1.82, 2.24) is 9.88 Å². The Morgan fingerprint density at radius 2 is 2.19 bits per heavy atom. The molecule has 2 atom stereocenters. The Morgan fingerprint density at radius 1 is 1.38 bits per heavy atom. The summed E-state index contributed by atoms with van der Waals surface area (Å²) in [6.45, 7) is 8.08. The van der Waals surface area contributed by atoms with Gasteiger partial charge in [-0.2, -0.15) is 0 Å². The zero-order valence-corrected chi connectivity index (χ0v) is 12.9. The van der Waals surface area contributed by atoms with Crippen molar-refractivity contribution in [3.63, 3.8) is 0 Å². The van der Waals surface area contributed by atoms with Gasteiger partial charge in [-0.15, -0.1) is 0 Å². The molecule has 0 amide bonds. The highest BCUT2D eigenvalue weighted by molar-refractivity contribution is 5.48. The van der Waals surface area contributed by atoms with Crippen LogP contribution in [-0.4, -0.2) is 61.4 Å². The minimum absolute atomic E-state index is 0.172. The van der Waals surface area contributed by atoms with Crippen LogP contribution < -0.4 is 10.6 Å². The van der Waals surface area contributed by atoms with Gasteiger partial charge in [0.1, 0.15) is 5.82 Å². The smallest absolute Gasteiger partial charge is 0.131 e. The Hall–Kier alpha value is -1.17. The predicted molar refractivity (Wildman–Crippen MR) is 84.6 cm³/mol. The lowest BCUT2D eigenvalue weighted by Crippen LogP contribution is -2.44. The van der Waals surface area contributed by atoms with Crippen molar-refractivity contribution in [2.75, 3.05) is 44.3 Å². The average Bonchev–Trinajstić information content (AvgIpc) is 2.98. The van der Waals surface area contributed by atoms with Gasteiger partial charge in [0.15, 0.2) is 0 Å². The predicted octanol–water partition coefficient (Wildman–Crippen LogP) is 0.882. The molecule has 0 saturated carbocycles. The van der Waals surface area contributed by atoms with Gasteiger partial charge in [0, 0.05) is 44.5 Å². The molecule has 2 aliphatic rings. The summed E-state index contributed by atoms with van der Waals surface area (Å²) < 4.78 is 5.45. The van der Waals surface area contributed by atoms with Gasteiger partial charge in [0.2, 0.25) is 0 Å². The van der Waals surface area contributed by atoms with Crippen molar-refractivity contribution in [1.29, 1.82) is 0 Å². The molecule has 116 valence electrons. The first-order valence-corrected chi connectivity index (χ1v) is 8.00. The summed E-state index contributed by atoms with van der Waals surface area (Å²) in [6.07, 6.45) is 4.00. The van der Waals surface area contributed by atoms with E-state index in [1.165, 1.54) is 12.0 Å². The zero-order valence-electron chi connectivity index (χ0n) is 12.9. The molecule has 0 radical (unpaired) electrons. The van der Waals surface area contributed by atoms with Crippen molar-refractivity contribution < 1.29 is 4.74 Å². The fourth-order valence-electron chi connectivity index (χ4n) is 3.40. The van der Waals surface area contributed by atoms with Gasteiger partial charge >= 0.3 is 0 Å². The molecule has 2 fully saturated rings. The quantitative estimate of drug-likeness (QED) is 0.892. The highest BCUT2D eigenvalue weighted by Gasteiger charge is 2.30. The van der Waals surface area contributed by atoms with Crippen molar-refractivity contribution in [2.24, 2.45) is 5.73 Å². The van der Waals surface area contributed by atoms with Crippen LogP contribution >= 0.6 is 0 Å². The van der Waals surface area contributed by atoms with E-state index >= 15 is 0 Å². The van der Waals surface area contributed by atoms with E-state index in [0.29, 0.717) is 6.04 Å². The van der Waals surface area contributed by atoms with E-state index in [2.05, 4.69) is 27.8 Å². The number of ether oxygens (including phenoxy) is 1. The number of rotatable bonds is 4. The topological polar surface area (TPSA) is 54.6 Å². The maximum atomic E-state index is 5.97. The fraction of sp³-hybridized carbons (Fsp3) is 0.688. The standard InChI is InChI=1S/C16H26N4O/c1-13(17)11-14-3-2-5-18-16(14)20-6-4-15(12-20)19-7-9-21-10-8-19/h2-3,5,13,15H,4,6-12,17H2,1H3. The lowest BCUT2D eigenvalue weighted by Gasteiger charge is -2.32. The monoisotopic (exact) mass is 290 g/mol. The summed E-state index contributed by atoms with van der Waals surface area (Å²) in [5.74, 6) is 1.13. The minimum atomic E-state index is 0.172. The van der Waals surface area contributed by atoms with Gasteiger partial charge in [-0.25, -0.2) is 4.98 Å². The number of hydrogen-bond acceptors (Lipinski definition) is 5. The van der Waals surface area contributed by atoms with Crippen LogP contribution in [0.3, 0.4) is 0 Å². The summed E-state index contributed by atoms with van der Waals surface area (Å²) in [6, 6.07) is 4.98. The highest BCUT2D eigenvalue weighted by Crippen LogP contribution is 2.25. The van der Waals surface area contributed by atoms with E-state index in [9.17, 15) is 0 Å². The Bertz CT molecular complexity index is 459. The maximum absolute atomic E-state index is 5.97. The molecule has 3 heterocycles. The molecule has 0 spiro atoms.